The van der Waals surface area contributed by atoms with Crippen LogP contribution in [0.5, 0.6) is 11.5 Å². The van der Waals surface area contributed by atoms with E-state index in [1.165, 1.54) is 0 Å². The molecule has 0 atom stereocenters. The number of aliphatic carboxylic acids is 2. The fourth-order valence-electron chi connectivity index (χ4n) is 5.86. The van der Waals surface area contributed by atoms with Gasteiger partial charge in [-0.25, -0.2) is 0 Å². The molecular weight excluding hydrogens is 652 g/mol. The van der Waals surface area contributed by atoms with Crippen molar-refractivity contribution in [3.05, 3.63) is 158 Å². The molecule has 0 fully saturated rings. The van der Waals surface area contributed by atoms with Gasteiger partial charge in [0.05, 0.1) is 13.2 Å². The first-order chi connectivity index (χ1) is 25.4. The summed E-state index contributed by atoms with van der Waals surface area (Å²) < 4.78 is 11.5. The van der Waals surface area contributed by atoms with Gasteiger partial charge in [0.25, 0.3) is 0 Å². The standard InChI is InChI=1S/C44H40N2O6/c47-43(48)13-7-31-51-41-27-23-39(24-28-41)45(35-9-3-1-4-10-35)37-19-15-33(16-20-37)34-17-21-38(22-18-34)46(36-11-5-2-6-12-36)40-25-29-42(30-26-40)52-32-8-14-44(49)50/h1-6,9-12,15-30H,7-8,13-14,31-32H2,(H,47,48)(H,49,50). The fourth-order valence-corrected chi connectivity index (χ4v) is 5.86. The molecule has 0 saturated carbocycles. The molecule has 0 spiro atoms. The summed E-state index contributed by atoms with van der Waals surface area (Å²) in [5.74, 6) is -0.256. The van der Waals surface area contributed by atoms with Crippen LogP contribution in [-0.2, 0) is 9.59 Å². The van der Waals surface area contributed by atoms with Crippen LogP contribution in [0.4, 0.5) is 34.1 Å². The third-order valence-electron chi connectivity index (χ3n) is 8.41. The van der Waals surface area contributed by atoms with E-state index in [0.717, 1.165) is 45.3 Å². The third kappa shape index (κ3) is 9.37. The van der Waals surface area contributed by atoms with Crippen LogP contribution in [0.1, 0.15) is 25.7 Å². The first-order valence-electron chi connectivity index (χ1n) is 17.2. The molecule has 2 N–H and O–H groups in total. The van der Waals surface area contributed by atoms with Crippen LogP contribution < -0.4 is 19.3 Å². The van der Waals surface area contributed by atoms with Crippen molar-refractivity contribution in [3.63, 3.8) is 0 Å². The van der Waals surface area contributed by atoms with Gasteiger partial charge < -0.3 is 29.5 Å². The Kier molecular flexibility index (Phi) is 11.8. The molecule has 0 heterocycles. The van der Waals surface area contributed by atoms with Crippen LogP contribution in [0.25, 0.3) is 11.1 Å². The lowest BCUT2D eigenvalue weighted by atomic mass is 10.0. The smallest absolute Gasteiger partial charge is 0.303 e. The van der Waals surface area contributed by atoms with Crippen molar-refractivity contribution in [2.75, 3.05) is 23.0 Å². The monoisotopic (exact) mass is 692 g/mol. The van der Waals surface area contributed by atoms with Gasteiger partial charge in [-0.05, 0) is 121 Å². The Bertz CT molecular complexity index is 1870. The van der Waals surface area contributed by atoms with Gasteiger partial charge in [0.1, 0.15) is 11.5 Å². The number of carboxylic acid groups (broad SMARTS) is 2. The lowest BCUT2D eigenvalue weighted by Crippen LogP contribution is -2.10. The Morgan fingerprint density at radius 3 is 1.00 bits per heavy atom. The minimum absolute atomic E-state index is 0.0810. The van der Waals surface area contributed by atoms with Crippen molar-refractivity contribution in [2.45, 2.75) is 25.7 Å². The molecule has 0 saturated heterocycles. The van der Waals surface area contributed by atoms with E-state index in [1.54, 1.807) is 0 Å². The maximum atomic E-state index is 10.8. The van der Waals surface area contributed by atoms with Crippen LogP contribution in [0.15, 0.2) is 158 Å². The summed E-state index contributed by atoms with van der Waals surface area (Å²) in [5, 5.41) is 17.8. The van der Waals surface area contributed by atoms with Crippen LogP contribution in [0, 0.1) is 0 Å². The molecule has 6 aromatic carbocycles. The molecule has 0 radical (unpaired) electrons. The maximum absolute atomic E-state index is 10.8. The van der Waals surface area contributed by atoms with Gasteiger partial charge >= 0.3 is 11.9 Å². The van der Waals surface area contributed by atoms with Crippen molar-refractivity contribution >= 4 is 46.1 Å². The van der Waals surface area contributed by atoms with E-state index in [2.05, 4.69) is 82.6 Å². The second-order valence-corrected chi connectivity index (χ2v) is 12.1. The predicted molar refractivity (Wildman–Crippen MR) is 206 cm³/mol. The number of hydrogen-bond acceptors (Lipinski definition) is 6. The third-order valence-corrected chi connectivity index (χ3v) is 8.41. The lowest BCUT2D eigenvalue weighted by Gasteiger charge is -2.26. The molecule has 0 unspecified atom stereocenters. The molecule has 0 amide bonds. The molecule has 0 aromatic heterocycles. The molecule has 6 rings (SSSR count). The van der Waals surface area contributed by atoms with Gasteiger partial charge in [-0.15, -0.1) is 0 Å². The number of carboxylic acids is 2. The molecule has 8 nitrogen and oxygen atoms in total. The second-order valence-electron chi connectivity index (χ2n) is 12.1. The minimum Gasteiger partial charge on any atom is -0.494 e. The quantitative estimate of drug-likeness (QED) is 0.0911. The molecule has 52 heavy (non-hydrogen) atoms. The summed E-state index contributed by atoms with van der Waals surface area (Å²) in [6.45, 7) is 0.699. The van der Waals surface area contributed by atoms with Crippen LogP contribution >= 0.6 is 0 Å². The minimum atomic E-state index is -0.825. The zero-order valence-corrected chi connectivity index (χ0v) is 28.7. The number of carbonyl (C=O) groups is 2. The van der Waals surface area contributed by atoms with Gasteiger partial charge in [-0.3, -0.25) is 9.59 Å². The topological polar surface area (TPSA) is 99.5 Å². The van der Waals surface area contributed by atoms with Crippen molar-refractivity contribution in [2.24, 2.45) is 0 Å². The zero-order chi connectivity index (χ0) is 36.1. The molecule has 262 valence electrons. The molecule has 8 heteroatoms. The van der Waals surface area contributed by atoms with Crippen molar-refractivity contribution in [3.8, 4) is 22.6 Å². The van der Waals surface area contributed by atoms with E-state index in [-0.39, 0.29) is 12.8 Å². The van der Waals surface area contributed by atoms with E-state index >= 15 is 0 Å². The van der Waals surface area contributed by atoms with E-state index < -0.39 is 11.9 Å². The van der Waals surface area contributed by atoms with Crippen LogP contribution in [0.3, 0.4) is 0 Å². The Balaban J connectivity index is 1.20. The summed E-state index contributed by atoms with van der Waals surface area (Å²) in [7, 11) is 0. The SMILES string of the molecule is O=C(O)CCCOc1ccc(N(c2ccccc2)c2ccc(-c3ccc(N(c4ccccc4)c4ccc(OCCCC(=O)O)cc4)cc3)cc2)cc1. The molecule has 6 aromatic rings. The summed E-state index contributed by atoms with van der Waals surface area (Å²) >= 11 is 0. The lowest BCUT2D eigenvalue weighted by molar-refractivity contribution is -0.138. The molecular formula is C44H40N2O6. The average Bonchev–Trinajstić information content (AvgIpc) is 3.18. The maximum Gasteiger partial charge on any atom is 0.303 e. The highest BCUT2D eigenvalue weighted by molar-refractivity contribution is 5.81. The number of benzene rings is 6. The predicted octanol–water partition coefficient (Wildman–Crippen LogP) is 10.8. The number of rotatable bonds is 17. The highest BCUT2D eigenvalue weighted by Gasteiger charge is 2.15. The number of anilines is 6. The van der Waals surface area contributed by atoms with Gasteiger partial charge in [-0.2, -0.15) is 0 Å². The Labute approximate surface area is 303 Å². The highest BCUT2D eigenvalue weighted by Crippen LogP contribution is 2.38. The summed E-state index contributed by atoms with van der Waals surface area (Å²) in [4.78, 5) is 26.0. The first kappa shape index (κ1) is 35.3. The van der Waals surface area contributed by atoms with Gasteiger partial charge in [0.2, 0.25) is 0 Å². The molecule has 0 bridgehead atoms. The largest absolute Gasteiger partial charge is 0.494 e. The zero-order valence-electron chi connectivity index (χ0n) is 28.7. The van der Waals surface area contributed by atoms with Crippen molar-refractivity contribution in [1.29, 1.82) is 0 Å². The van der Waals surface area contributed by atoms with Gasteiger partial charge in [0, 0.05) is 47.0 Å². The normalized spacial score (nSPS) is 10.7. The molecule has 0 aliphatic heterocycles. The summed E-state index contributed by atoms with van der Waals surface area (Å²) in [6.07, 6.45) is 1.07. The molecule has 0 aliphatic rings. The molecule has 0 aliphatic carbocycles. The van der Waals surface area contributed by atoms with Crippen molar-refractivity contribution < 1.29 is 29.3 Å². The van der Waals surface area contributed by atoms with Gasteiger partial charge in [0.15, 0.2) is 0 Å². The van der Waals surface area contributed by atoms with Crippen LogP contribution in [-0.4, -0.2) is 35.4 Å². The Hall–Kier alpha value is -6.54. The van der Waals surface area contributed by atoms with E-state index in [0.29, 0.717) is 37.6 Å². The Morgan fingerprint density at radius 2 is 0.692 bits per heavy atom. The summed E-state index contributed by atoms with van der Waals surface area (Å²) in [6, 6.07) is 53.0. The first-order valence-corrected chi connectivity index (χ1v) is 17.2. The number of nitrogens with zero attached hydrogens (tertiary/aromatic N) is 2. The number of para-hydroxylation sites is 2. The average molecular weight is 693 g/mol. The van der Waals surface area contributed by atoms with Crippen LogP contribution in [0.2, 0.25) is 0 Å². The highest BCUT2D eigenvalue weighted by atomic mass is 16.5. The second kappa shape index (κ2) is 17.4. The van der Waals surface area contributed by atoms with E-state index in [1.807, 2.05) is 84.9 Å². The number of hydrogen-bond donors (Lipinski definition) is 2. The Morgan fingerprint density at radius 1 is 0.404 bits per heavy atom. The summed E-state index contributed by atoms with van der Waals surface area (Å²) in [5.41, 5.74) is 8.17. The van der Waals surface area contributed by atoms with Crippen molar-refractivity contribution in [1.82, 2.24) is 0 Å². The number of ether oxygens (including phenoxy) is 2. The van der Waals surface area contributed by atoms with E-state index in [9.17, 15) is 9.59 Å². The van der Waals surface area contributed by atoms with Gasteiger partial charge in [-0.1, -0.05) is 60.7 Å². The fraction of sp³-hybridized carbons (Fsp3) is 0.136. The van der Waals surface area contributed by atoms with E-state index in [4.69, 9.17) is 19.7 Å².